The van der Waals surface area contributed by atoms with Crippen LogP contribution in [0, 0.1) is 0 Å². The normalized spacial score (nSPS) is 15.0. The number of aromatic amines is 1. The van der Waals surface area contributed by atoms with Crippen molar-refractivity contribution < 1.29 is 14.6 Å². The standard InChI is InChI=1S/C30H31N5O3/c1-34-23(17-35-13-10-20(11-14-35)19-3-5-21(6-4-19)30(36)37)16-25-24(9-12-31-29(25)34)22-7-8-26-27(15-22)33-28(32-26)18-38-2/h3-9,12,15-16,20H,10-11,13-14,17-18H2,1-2H3,(H,32,33)(H,36,37). The highest BCUT2D eigenvalue weighted by atomic mass is 16.5. The highest BCUT2D eigenvalue weighted by Crippen LogP contribution is 2.33. The van der Waals surface area contributed by atoms with Crippen LogP contribution in [0.2, 0.25) is 0 Å². The maximum Gasteiger partial charge on any atom is 0.335 e. The molecule has 1 saturated heterocycles. The summed E-state index contributed by atoms with van der Waals surface area (Å²) >= 11 is 0. The van der Waals surface area contributed by atoms with Crippen LogP contribution < -0.4 is 0 Å². The molecule has 0 atom stereocenters. The Morgan fingerprint density at radius 2 is 1.89 bits per heavy atom. The summed E-state index contributed by atoms with van der Waals surface area (Å²) in [6.45, 7) is 3.34. The van der Waals surface area contributed by atoms with Crippen LogP contribution in [0.25, 0.3) is 33.2 Å². The number of imidazole rings is 1. The average molecular weight is 510 g/mol. The van der Waals surface area contributed by atoms with Crippen molar-refractivity contribution in [3.05, 3.63) is 83.4 Å². The van der Waals surface area contributed by atoms with E-state index in [1.54, 1.807) is 19.2 Å². The molecule has 8 nitrogen and oxygen atoms in total. The van der Waals surface area contributed by atoms with Crippen LogP contribution >= 0.6 is 0 Å². The number of nitrogens with one attached hydrogen (secondary N) is 1. The van der Waals surface area contributed by atoms with E-state index in [4.69, 9.17) is 14.8 Å². The number of H-pyrrole nitrogens is 1. The first-order valence-electron chi connectivity index (χ1n) is 13.0. The third-order valence-corrected chi connectivity index (χ3v) is 7.75. The van der Waals surface area contributed by atoms with Crippen molar-refractivity contribution in [2.45, 2.75) is 31.9 Å². The van der Waals surface area contributed by atoms with Crippen molar-refractivity contribution in [2.75, 3.05) is 20.2 Å². The summed E-state index contributed by atoms with van der Waals surface area (Å²) in [5.74, 6) is 0.413. The van der Waals surface area contributed by atoms with Gasteiger partial charge in [-0.15, -0.1) is 0 Å². The molecule has 194 valence electrons. The maximum atomic E-state index is 11.2. The summed E-state index contributed by atoms with van der Waals surface area (Å²) in [5.41, 5.74) is 8.02. The molecule has 0 bridgehead atoms. The van der Waals surface area contributed by atoms with Crippen LogP contribution in [0.1, 0.15) is 46.2 Å². The lowest BCUT2D eigenvalue weighted by atomic mass is 9.89. The molecule has 1 fully saturated rings. The third-order valence-electron chi connectivity index (χ3n) is 7.75. The lowest BCUT2D eigenvalue weighted by Crippen LogP contribution is -2.33. The number of methoxy groups -OCH3 is 1. The fourth-order valence-electron chi connectivity index (χ4n) is 5.66. The summed E-state index contributed by atoms with van der Waals surface area (Å²) in [5, 5.41) is 10.3. The van der Waals surface area contributed by atoms with E-state index >= 15 is 0 Å². The Kier molecular flexibility index (Phi) is 6.43. The van der Waals surface area contributed by atoms with Gasteiger partial charge in [0.1, 0.15) is 18.1 Å². The van der Waals surface area contributed by atoms with Crippen molar-refractivity contribution >= 4 is 28.0 Å². The molecule has 38 heavy (non-hydrogen) atoms. The van der Waals surface area contributed by atoms with Crippen LogP contribution in [0.15, 0.2) is 60.8 Å². The van der Waals surface area contributed by atoms with Gasteiger partial charge in [0.2, 0.25) is 0 Å². The number of nitrogens with zero attached hydrogens (tertiary/aromatic N) is 4. The van der Waals surface area contributed by atoms with Gasteiger partial charge in [0.05, 0.1) is 16.6 Å². The van der Waals surface area contributed by atoms with E-state index in [1.165, 1.54) is 11.3 Å². The Morgan fingerprint density at radius 3 is 2.63 bits per heavy atom. The van der Waals surface area contributed by atoms with E-state index in [1.807, 2.05) is 18.3 Å². The van der Waals surface area contributed by atoms with E-state index in [-0.39, 0.29) is 0 Å². The SMILES string of the molecule is COCc1nc2ccc(-c3ccnc4c3cc(CN3CCC(c5ccc(C(=O)O)cc5)CC3)n4C)cc2[nH]1. The number of aryl methyl sites for hydroxylation is 1. The van der Waals surface area contributed by atoms with Gasteiger partial charge >= 0.3 is 5.97 Å². The van der Waals surface area contributed by atoms with Gasteiger partial charge in [-0.2, -0.15) is 0 Å². The van der Waals surface area contributed by atoms with Crippen molar-refractivity contribution in [2.24, 2.45) is 7.05 Å². The van der Waals surface area contributed by atoms with E-state index in [9.17, 15) is 4.79 Å². The molecule has 0 amide bonds. The van der Waals surface area contributed by atoms with Crippen LogP contribution in [0.5, 0.6) is 0 Å². The van der Waals surface area contributed by atoms with E-state index in [0.29, 0.717) is 18.1 Å². The molecule has 2 aromatic carbocycles. The second-order valence-electron chi connectivity index (χ2n) is 10.1. The van der Waals surface area contributed by atoms with Gasteiger partial charge in [-0.3, -0.25) is 4.90 Å². The van der Waals surface area contributed by atoms with Gasteiger partial charge < -0.3 is 19.4 Å². The van der Waals surface area contributed by atoms with Crippen LogP contribution in [-0.2, 0) is 24.9 Å². The summed E-state index contributed by atoms with van der Waals surface area (Å²) in [4.78, 5) is 26.3. The number of carboxylic acids is 1. The Labute approximate surface area is 220 Å². The molecule has 5 aromatic rings. The van der Waals surface area contributed by atoms with Crippen LogP contribution in [0.3, 0.4) is 0 Å². The smallest absolute Gasteiger partial charge is 0.335 e. The van der Waals surface area contributed by atoms with Gasteiger partial charge in [-0.1, -0.05) is 18.2 Å². The van der Waals surface area contributed by atoms with Crippen molar-refractivity contribution in [1.82, 2.24) is 24.4 Å². The summed E-state index contributed by atoms with van der Waals surface area (Å²) < 4.78 is 7.43. The van der Waals surface area contributed by atoms with Crippen LogP contribution in [-0.4, -0.2) is 55.7 Å². The number of aromatic nitrogens is 4. The first-order chi connectivity index (χ1) is 18.5. The first kappa shape index (κ1) is 24.3. The molecule has 0 radical (unpaired) electrons. The molecule has 0 unspecified atom stereocenters. The Morgan fingerprint density at radius 1 is 1.11 bits per heavy atom. The molecule has 1 aliphatic rings. The van der Waals surface area contributed by atoms with Crippen molar-refractivity contribution in [3.63, 3.8) is 0 Å². The predicted octanol–water partition coefficient (Wildman–Crippen LogP) is 5.34. The molecule has 1 aliphatic heterocycles. The minimum atomic E-state index is -0.878. The summed E-state index contributed by atoms with van der Waals surface area (Å²) in [6, 6.07) is 18.1. The van der Waals surface area contributed by atoms with E-state index in [0.717, 1.165) is 71.5 Å². The molecule has 0 spiro atoms. The lowest BCUT2D eigenvalue weighted by Gasteiger charge is -2.32. The number of carbonyl (C=O) groups is 1. The number of likely N-dealkylation sites (tertiary alicyclic amines) is 1. The minimum Gasteiger partial charge on any atom is -0.478 e. The molecule has 6 rings (SSSR count). The Hall–Kier alpha value is -4.01. The van der Waals surface area contributed by atoms with Crippen molar-refractivity contribution in [1.29, 1.82) is 0 Å². The van der Waals surface area contributed by atoms with Gasteiger partial charge in [-0.25, -0.2) is 14.8 Å². The lowest BCUT2D eigenvalue weighted by molar-refractivity contribution is 0.0697. The quantitative estimate of drug-likeness (QED) is 0.307. The number of hydrogen-bond donors (Lipinski definition) is 2. The second kappa shape index (κ2) is 10.0. The number of hydrogen-bond acceptors (Lipinski definition) is 5. The second-order valence-corrected chi connectivity index (χ2v) is 10.1. The Balaban J connectivity index is 1.20. The third kappa shape index (κ3) is 4.57. The highest BCUT2D eigenvalue weighted by Gasteiger charge is 2.22. The minimum absolute atomic E-state index is 0.343. The first-order valence-corrected chi connectivity index (χ1v) is 13.0. The fraction of sp³-hybridized carbons (Fsp3) is 0.300. The number of fused-ring (bicyclic) bond motifs is 2. The molecular weight excluding hydrogens is 478 g/mol. The molecule has 8 heteroatoms. The molecule has 0 aliphatic carbocycles. The molecular formula is C30H31N5O3. The zero-order valence-corrected chi connectivity index (χ0v) is 21.6. The average Bonchev–Trinajstić information content (AvgIpc) is 3.49. The van der Waals surface area contributed by atoms with Crippen molar-refractivity contribution in [3.8, 4) is 11.1 Å². The van der Waals surface area contributed by atoms with E-state index in [2.05, 4.69) is 56.8 Å². The molecule has 0 saturated carbocycles. The number of pyridine rings is 1. The van der Waals surface area contributed by atoms with Gasteiger partial charge in [0, 0.05) is 38.0 Å². The van der Waals surface area contributed by atoms with Crippen LogP contribution in [0.4, 0.5) is 0 Å². The highest BCUT2D eigenvalue weighted by molar-refractivity contribution is 5.96. The summed E-state index contributed by atoms with van der Waals surface area (Å²) in [7, 11) is 3.77. The molecule has 2 N–H and O–H groups in total. The fourth-order valence-corrected chi connectivity index (χ4v) is 5.66. The summed E-state index contributed by atoms with van der Waals surface area (Å²) in [6.07, 6.45) is 4.01. The molecule has 4 heterocycles. The largest absolute Gasteiger partial charge is 0.478 e. The van der Waals surface area contributed by atoms with Gasteiger partial charge in [0.25, 0.3) is 0 Å². The van der Waals surface area contributed by atoms with Gasteiger partial charge in [-0.05, 0) is 84.9 Å². The Bertz CT molecular complexity index is 1610. The molecule has 3 aromatic heterocycles. The topological polar surface area (TPSA) is 96.3 Å². The number of piperidine rings is 1. The monoisotopic (exact) mass is 509 g/mol. The van der Waals surface area contributed by atoms with Gasteiger partial charge in [0.15, 0.2) is 0 Å². The number of carboxylic acid groups (broad SMARTS) is 1. The maximum absolute atomic E-state index is 11.2. The van der Waals surface area contributed by atoms with E-state index < -0.39 is 5.97 Å². The number of aromatic carboxylic acids is 1. The number of ether oxygens (including phenoxy) is 1. The predicted molar refractivity (Wildman–Crippen MR) is 147 cm³/mol. The zero-order chi connectivity index (χ0) is 26.2. The number of rotatable bonds is 7. The number of benzene rings is 2. The zero-order valence-electron chi connectivity index (χ0n) is 21.6.